The van der Waals surface area contributed by atoms with Gasteiger partial charge in [0.25, 0.3) is 5.91 Å². The first-order valence-electron chi connectivity index (χ1n) is 12.1. The van der Waals surface area contributed by atoms with Crippen molar-refractivity contribution in [1.82, 2.24) is 15.2 Å². The Kier molecular flexibility index (Phi) is 6.44. The molecule has 5 rings (SSSR count). The monoisotopic (exact) mass is 474 g/mol. The van der Waals surface area contributed by atoms with E-state index in [1.54, 1.807) is 36.3 Å². The van der Waals surface area contributed by atoms with Gasteiger partial charge in [0.1, 0.15) is 5.75 Å². The zero-order chi connectivity index (χ0) is 24.4. The molecule has 3 heterocycles. The molecule has 8 heteroatoms. The standard InChI is InChI=1S/C27H30N4O4/c1-35-21-8-9-24-22(15-21)23(16-28-24)18-10-13-30(14-11-18)26(33)17-29-27(34)19-4-6-20(7-5-19)31-12-2-3-25(31)32/h4-9,15-16,18,28H,2-3,10-14,17H2,1H3,(H,29,34). The molecule has 2 aliphatic rings. The number of amides is 3. The average Bonchev–Trinajstić information content (AvgIpc) is 3.52. The molecule has 0 unspecified atom stereocenters. The second-order valence-electron chi connectivity index (χ2n) is 9.19. The Hall–Kier alpha value is -3.81. The van der Waals surface area contributed by atoms with Crippen LogP contribution in [0.25, 0.3) is 10.9 Å². The molecule has 2 aromatic carbocycles. The summed E-state index contributed by atoms with van der Waals surface area (Å²) in [4.78, 5) is 44.1. The summed E-state index contributed by atoms with van der Waals surface area (Å²) in [7, 11) is 1.67. The van der Waals surface area contributed by atoms with Gasteiger partial charge in [-0.25, -0.2) is 0 Å². The fourth-order valence-corrected chi connectivity index (χ4v) is 5.11. The van der Waals surface area contributed by atoms with E-state index in [0.717, 1.165) is 36.2 Å². The van der Waals surface area contributed by atoms with Crippen LogP contribution in [0.5, 0.6) is 5.75 Å². The lowest BCUT2D eigenvalue weighted by atomic mass is 9.89. The average molecular weight is 475 g/mol. The Balaban J connectivity index is 1.13. The number of benzene rings is 2. The Morgan fingerprint density at radius 1 is 1.09 bits per heavy atom. The van der Waals surface area contributed by atoms with Gasteiger partial charge in [0, 0.05) is 54.4 Å². The number of anilines is 1. The molecule has 182 valence electrons. The van der Waals surface area contributed by atoms with E-state index >= 15 is 0 Å². The lowest BCUT2D eigenvalue weighted by Gasteiger charge is -2.32. The number of carbonyl (C=O) groups is 3. The summed E-state index contributed by atoms with van der Waals surface area (Å²) in [5, 5.41) is 3.91. The van der Waals surface area contributed by atoms with E-state index in [9.17, 15) is 14.4 Å². The van der Waals surface area contributed by atoms with Gasteiger partial charge in [0.05, 0.1) is 13.7 Å². The minimum absolute atomic E-state index is 0.0276. The zero-order valence-electron chi connectivity index (χ0n) is 19.9. The Labute approximate surface area is 204 Å². The van der Waals surface area contributed by atoms with Crippen molar-refractivity contribution in [3.05, 3.63) is 59.8 Å². The maximum absolute atomic E-state index is 12.7. The molecule has 0 saturated carbocycles. The summed E-state index contributed by atoms with van der Waals surface area (Å²) in [6, 6.07) is 13.0. The van der Waals surface area contributed by atoms with Crippen molar-refractivity contribution in [2.24, 2.45) is 0 Å². The first-order chi connectivity index (χ1) is 17.0. The Bertz CT molecular complexity index is 1240. The van der Waals surface area contributed by atoms with Gasteiger partial charge in [0.2, 0.25) is 11.8 Å². The predicted octanol–water partition coefficient (Wildman–Crippen LogP) is 3.44. The topological polar surface area (TPSA) is 94.7 Å². The molecular weight excluding hydrogens is 444 g/mol. The van der Waals surface area contributed by atoms with Crippen molar-refractivity contribution < 1.29 is 19.1 Å². The zero-order valence-corrected chi connectivity index (χ0v) is 19.9. The normalized spacial score (nSPS) is 16.7. The SMILES string of the molecule is COc1ccc2[nH]cc(C3CCN(C(=O)CNC(=O)c4ccc(N5CCCC5=O)cc4)CC3)c2c1. The Morgan fingerprint density at radius 3 is 2.54 bits per heavy atom. The van der Waals surface area contributed by atoms with Crippen molar-refractivity contribution >= 4 is 34.3 Å². The fraction of sp³-hybridized carbons (Fsp3) is 0.370. The van der Waals surface area contributed by atoms with Crippen LogP contribution in [0.1, 0.15) is 47.5 Å². The van der Waals surface area contributed by atoms with Gasteiger partial charge in [-0.05, 0) is 73.2 Å². The van der Waals surface area contributed by atoms with Gasteiger partial charge in [-0.15, -0.1) is 0 Å². The van der Waals surface area contributed by atoms with Crippen molar-refractivity contribution in [3.63, 3.8) is 0 Å². The lowest BCUT2D eigenvalue weighted by Crippen LogP contribution is -2.43. The number of hydrogen-bond acceptors (Lipinski definition) is 4. The molecule has 0 aliphatic carbocycles. The van der Waals surface area contributed by atoms with E-state index in [2.05, 4.69) is 22.6 Å². The van der Waals surface area contributed by atoms with E-state index in [-0.39, 0.29) is 24.3 Å². The van der Waals surface area contributed by atoms with E-state index in [4.69, 9.17) is 4.74 Å². The molecule has 8 nitrogen and oxygen atoms in total. The predicted molar refractivity (Wildman–Crippen MR) is 134 cm³/mol. The van der Waals surface area contributed by atoms with E-state index < -0.39 is 0 Å². The van der Waals surface area contributed by atoms with Crippen LogP contribution in [-0.2, 0) is 9.59 Å². The number of carbonyl (C=O) groups excluding carboxylic acids is 3. The van der Waals surface area contributed by atoms with Crippen LogP contribution < -0.4 is 15.0 Å². The molecule has 1 aromatic heterocycles. The smallest absolute Gasteiger partial charge is 0.251 e. The molecule has 35 heavy (non-hydrogen) atoms. The van der Waals surface area contributed by atoms with Crippen molar-refractivity contribution in [1.29, 1.82) is 0 Å². The minimum atomic E-state index is -0.291. The number of piperidine rings is 1. The number of likely N-dealkylation sites (tertiary alicyclic amines) is 1. The first-order valence-corrected chi connectivity index (χ1v) is 12.1. The van der Waals surface area contributed by atoms with Crippen LogP contribution in [0.3, 0.4) is 0 Å². The van der Waals surface area contributed by atoms with Crippen molar-refractivity contribution in [2.45, 2.75) is 31.6 Å². The van der Waals surface area contributed by atoms with E-state index in [0.29, 0.717) is 37.5 Å². The third-order valence-corrected chi connectivity index (χ3v) is 7.12. The van der Waals surface area contributed by atoms with Gasteiger partial charge >= 0.3 is 0 Å². The van der Waals surface area contributed by atoms with Gasteiger partial charge in [-0.3, -0.25) is 14.4 Å². The second-order valence-corrected chi connectivity index (χ2v) is 9.19. The molecule has 3 amide bonds. The highest BCUT2D eigenvalue weighted by molar-refractivity contribution is 5.98. The molecular formula is C27H30N4O4. The van der Waals surface area contributed by atoms with Crippen molar-refractivity contribution in [2.75, 3.05) is 38.2 Å². The van der Waals surface area contributed by atoms with Gasteiger partial charge in [0.15, 0.2) is 0 Å². The molecule has 0 atom stereocenters. The number of nitrogens with zero attached hydrogens (tertiary/aromatic N) is 2. The molecule has 0 bridgehead atoms. The van der Waals surface area contributed by atoms with Crippen LogP contribution in [0.15, 0.2) is 48.7 Å². The quantitative estimate of drug-likeness (QED) is 0.572. The summed E-state index contributed by atoms with van der Waals surface area (Å²) in [5.41, 5.74) is 3.62. The Morgan fingerprint density at radius 2 is 1.86 bits per heavy atom. The number of aromatic amines is 1. The fourth-order valence-electron chi connectivity index (χ4n) is 5.11. The minimum Gasteiger partial charge on any atom is -0.497 e. The van der Waals surface area contributed by atoms with Crippen LogP contribution in [-0.4, -0.2) is 60.9 Å². The molecule has 2 aliphatic heterocycles. The van der Waals surface area contributed by atoms with E-state index in [1.165, 1.54) is 10.9 Å². The highest BCUT2D eigenvalue weighted by Crippen LogP contribution is 2.34. The number of hydrogen-bond donors (Lipinski definition) is 2. The molecule has 2 N–H and O–H groups in total. The van der Waals surface area contributed by atoms with Crippen LogP contribution in [0, 0.1) is 0 Å². The number of rotatable bonds is 6. The molecule has 2 fully saturated rings. The third-order valence-electron chi connectivity index (χ3n) is 7.12. The first kappa shape index (κ1) is 23.0. The number of methoxy groups -OCH3 is 1. The van der Waals surface area contributed by atoms with E-state index in [1.807, 2.05) is 17.0 Å². The molecule has 0 spiro atoms. The summed E-state index contributed by atoms with van der Waals surface area (Å²) in [5.74, 6) is 0.953. The summed E-state index contributed by atoms with van der Waals surface area (Å²) in [6.45, 7) is 2.01. The molecule has 0 radical (unpaired) electrons. The lowest BCUT2D eigenvalue weighted by molar-refractivity contribution is -0.131. The summed E-state index contributed by atoms with van der Waals surface area (Å²) < 4.78 is 5.38. The molecule has 3 aromatic rings. The van der Waals surface area contributed by atoms with Crippen LogP contribution >= 0.6 is 0 Å². The van der Waals surface area contributed by atoms with Crippen LogP contribution in [0.2, 0.25) is 0 Å². The highest BCUT2D eigenvalue weighted by Gasteiger charge is 2.26. The maximum atomic E-state index is 12.7. The number of nitrogens with one attached hydrogen (secondary N) is 2. The summed E-state index contributed by atoms with van der Waals surface area (Å²) >= 11 is 0. The number of ether oxygens (including phenoxy) is 1. The van der Waals surface area contributed by atoms with Crippen molar-refractivity contribution in [3.8, 4) is 5.75 Å². The van der Waals surface area contributed by atoms with Gasteiger partial charge in [-0.2, -0.15) is 0 Å². The third kappa shape index (κ3) is 4.73. The number of aromatic nitrogens is 1. The number of H-pyrrole nitrogens is 1. The molecule has 2 saturated heterocycles. The largest absolute Gasteiger partial charge is 0.497 e. The van der Waals surface area contributed by atoms with Crippen LogP contribution in [0.4, 0.5) is 5.69 Å². The second kappa shape index (κ2) is 9.82. The van der Waals surface area contributed by atoms with Gasteiger partial charge < -0.3 is 24.8 Å². The highest BCUT2D eigenvalue weighted by atomic mass is 16.5. The van der Waals surface area contributed by atoms with Gasteiger partial charge in [-0.1, -0.05) is 0 Å². The maximum Gasteiger partial charge on any atom is 0.251 e. The number of fused-ring (bicyclic) bond motifs is 1. The summed E-state index contributed by atoms with van der Waals surface area (Å²) in [6.07, 6.45) is 5.24.